The van der Waals surface area contributed by atoms with E-state index in [4.69, 9.17) is 23.2 Å². The first-order valence-corrected chi connectivity index (χ1v) is 10.9. The summed E-state index contributed by atoms with van der Waals surface area (Å²) in [7, 11) is -3.62. The molecule has 0 atom stereocenters. The number of hydrogen-bond donors (Lipinski definition) is 0. The second-order valence-electron chi connectivity index (χ2n) is 6.03. The van der Waals surface area contributed by atoms with Crippen LogP contribution >= 0.6 is 23.2 Å². The van der Waals surface area contributed by atoms with Crippen LogP contribution in [0, 0.1) is 0 Å². The monoisotopic (exact) mass is 398 g/mol. The fraction of sp³-hybridized carbons (Fsp3) is 0.400. The summed E-state index contributed by atoms with van der Waals surface area (Å²) in [6, 6.07) is 6.79. The third-order valence-corrected chi connectivity index (χ3v) is 7.22. The second kappa shape index (κ2) is 8.11. The van der Waals surface area contributed by atoms with E-state index in [0.717, 1.165) is 22.3 Å². The van der Waals surface area contributed by atoms with Crippen LogP contribution in [0.5, 0.6) is 0 Å². The van der Waals surface area contributed by atoms with Crippen LogP contribution in [0.3, 0.4) is 0 Å². The predicted molar refractivity (Wildman–Crippen MR) is 106 cm³/mol. The van der Waals surface area contributed by atoms with Gasteiger partial charge in [0.25, 0.3) is 0 Å². The molecule has 0 unspecified atom stereocenters. The molecule has 5 heteroatoms. The molecule has 0 radical (unpaired) electrons. The summed E-state index contributed by atoms with van der Waals surface area (Å²) in [5, 5.41) is 1.34. The van der Waals surface area contributed by atoms with Crippen molar-refractivity contribution in [1.29, 1.82) is 0 Å². The molecular weight excluding hydrogens is 375 g/mol. The zero-order valence-electron chi connectivity index (χ0n) is 15.1. The van der Waals surface area contributed by atoms with Crippen LogP contribution in [0.2, 0.25) is 10.0 Å². The van der Waals surface area contributed by atoms with Gasteiger partial charge in [0.15, 0.2) is 0 Å². The zero-order valence-corrected chi connectivity index (χ0v) is 17.4. The van der Waals surface area contributed by atoms with Crippen LogP contribution < -0.4 is 0 Å². The Morgan fingerprint density at radius 3 is 1.08 bits per heavy atom. The van der Waals surface area contributed by atoms with Gasteiger partial charge in [-0.1, -0.05) is 50.9 Å². The van der Waals surface area contributed by atoms with Crippen molar-refractivity contribution in [3.05, 3.63) is 56.6 Å². The first kappa shape index (κ1) is 20.3. The van der Waals surface area contributed by atoms with Crippen molar-refractivity contribution in [2.45, 2.75) is 63.2 Å². The second-order valence-corrected chi connectivity index (χ2v) is 8.73. The first-order valence-electron chi connectivity index (χ1n) is 8.67. The lowest BCUT2D eigenvalue weighted by atomic mass is 10.1. The Balaban J connectivity index is 2.71. The molecule has 0 amide bonds. The van der Waals surface area contributed by atoms with Gasteiger partial charge in [0.1, 0.15) is 0 Å². The molecular formula is C20H24Cl2O2S. The van der Waals surface area contributed by atoms with Crippen molar-refractivity contribution in [2.24, 2.45) is 0 Å². The Bertz CT molecular complexity index is 769. The molecule has 2 aromatic carbocycles. The molecule has 0 saturated carbocycles. The number of sulfone groups is 1. The molecule has 25 heavy (non-hydrogen) atoms. The molecule has 0 fully saturated rings. The van der Waals surface area contributed by atoms with Gasteiger partial charge in [-0.2, -0.15) is 0 Å². The lowest BCUT2D eigenvalue weighted by molar-refractivity contribution is 0.595. The van der Waals surface area contributed by atoms with Crippen molar-refractivity contribution >= 4 is 33.0 Å². The fourth-order valence-electron chi connectivity index (χ4n) is 2.91. The molecule has 2 rings (SSSR count). The Hall–Kier alpha value is -1.03. The van der Waals surface area contributed by atoms with Gasteiger partial charge >= 0.3 is 0 Å². The highest BCUT2D eigenvalue weighted by Crippen LogP contribution is 2.33. The number of benzene rings is 2. The molecule has 0 aliphatic carbocycles. The maximum Gasteiger partial charge on any atom is 0.206 e. The lowest BCUT2D eigenvalue weighted by Gasteiger charge is -2.14. The first-order chi connectivity index (χ1) is 11.8. The van der Waals surface area contributed by atoms with Gasteiger partial charge in [0.2, 0.25) is 9.84 Å². The van der Waals surface area contributed by atoms with E-state index >= 15 is 0 Å². The van der Waals surface area contributed by atoms with Gasteiger partial charge in [0, 0.05) is 10.0 Å². The summed E-state index contributed by atoms with van der Waals surface area (Å²) in [4.78, 5) is 0.606. The lowest BCUT2D eigenvalue weighted by Crippen LogP contribution is -2.06. The van der Waals surface area contributed by atoms with E-state index in [1.807, 2.05) is 27.7 Å². The van der Waals surface area contributed by atoms with Gasteiger partial charge < -0.3 is 0 Å². The molecule has 0 aliphatic heterocycles. The highest BCUT2D eigenvalue weighted by Gasteiger charge is 2.22. The molecule has 0 saturated heterocycles. The Morgan fingerprint density at radius 2 is 0.880 bits per heavy atom. The average molecular weight is 399 g/mol. The number of rotatable bonds is 6. The van der Waals surface area contributed by atoms with Crippen molar-refractivity contribution in [3.63, 3.8) is 0 Å². The standard InChI is InChI=1S/C20H24Cl2O2S/c1-5-13-9-17(10-14(6-2)19(13)21)25(23,24)18-11-15(7-3)20(22)16(8-4)12-18/h9-12H,5-8H2,1-4H3. The van der Waals surface area contributed by atoms with Gasteiger partial charge in [-0.25, -0.2) is 8.42 Å². The van der Waals surface area contributed by atoms with E-state index < -0.39 is 9.84 Å². The molecule has 136 valence electrons. The van der Waals surface area contributed by atoms with Crippen LogP contribution in [0.15, 0.2) is 34.1 Å². The quantitative estimate of drug-likeness (QED) is 0.590. The van der Waals surface area contributed by atoms with Crippen molar-refractivity contribution in [3.8, 4) is 0 Å². The summed E-state index contributed by atoms with van der Waals surface area (Å²) in [5.74, 6) is 0. The minimum atomic E-state index is -3.62. The molecule has 0 aromatic heterocycles. The van der Waals surface area contributed by atoms with Crippen LogP contribution in [0.25, 0.3) is 0 Å². The molecule has 2 aromatic rings. The minimum Gasteiger partial charge on any atom is -0.219 e. The van der Waals surface area contributed by atoms with Crippen molar-refractivity contribution in [1.82, 2.24) is 0 Å². The average Bonchev–Trinajstić information content (AvgIpc) is 2.61. The number of halogens is 2. The van der Waals surface area contributed by atoms with E-state index in [9.17, 15) is 8.42 Å². The number of aryl methyl sites for hydroxylation is 4. The smallest absolute Gasteiger partial charge is 0.206 e. The van der Waals surface area contributed by atoms with E-state index in [2.05, 4.69) is 0 Å². The largest absolute Gasteiger partial charge is 0.219 e. The van der Waals surface area contributed by atoms with Gasteiger partial charge in [0.05, 0.1) is 9.79 Å². The number of hydrogen-bond acceptors (Lipinski definition) is 2. The highest BCUT2D eigenvalue weighted by molar-refractivity contribution is 7.91. The Morgan fingerprint density at radius 1 is 0.640 bits per heavy atom. The summed E-state index contributed by atoms with van der Waals surface area (Å²) >= 11 is 12.8. The third kappa shape index (κ3) is 3.89. The SMILES string of the molecule is CCc1cc(S(=O)(=O)c2cc(CC)c(Cl)c(CC)c2)cc(CC)c1Cl. The van der Waals surface area contributed by atoms with E-state index in [1.165, 1.54) is 0 Å². The van der Waals surface area contributed by atoms with Gasteiger partial charge in [-0.15, -0.1) is 0 Å². The van der Waals surface area contributed by atoms with Crippen molar-refractivity contribution in [2.75, 3.05) is 0 Å². The van der Waals surface area contributed by atoms with E-state index in [0.29, 0.717) is 45.5 Å². The van der Waals surface area contributed by atoms with Crippen LogP contribution in [0.4, 0.5) is 0 Å². The Labute approximate surface area is 161 Å². The molecule has 0 bridgehead atoms. The predicted octanol–water partition coefficient (Wildman–Crippen LogP) is 6.08. The Kier molecular flexibility index (Phi) is 6.58. The topological polar surface area (TPSA) is 34.1 Å². The summed E-state index contributed by atoms with van der Waals surface area (Å²) in [5.41, 5.74) is 3.44. The van der Waals surface area contributed by atoms with E-state index in [-0.39, 0.29) is 0 Å². The summed E-state index contributed by atoms with van der Waals surface area (Å²) in [6.07, 6.45) is 2.76. The van der Waals surface area contributed by atoms with Gasteiger partial charge in [-0.3, -0.25) is 0 Å². The minimum absolute atomic E-state index is 0.303. The highest BCUT2D eigenvalue weighted by atomic mass is 35.5. The maximum absolute atomic E-state index is 13.2. The van der Waals surface area contributed by atoms with Crippen molar-refractivity contribution < 1.29 is 8.42 Å². The summed E-state index contributed by atoms with van der Waals surface area (Å²) in [6.45, 7) is 7.90. The van der Waals surface area contributed by atoms with Gasteiger partial charge in [-0.05, 0) is 72.2 Å². The molecule has 0 N–H and O–H groups in total. The maximum atomic E-state index is 13.2. The molecule has 0 heterocycles. The molecule has 0 spiro atoms. The fourth-order valence-corrected chi connectivity index (χ4v) is 5.13. The normalized spacial score (nSPS) is 11.8. The van der Waals surface area contributed by atoms with Crippen LogP contribution in [-0.4, -0.2) is 8.42 Å². The van der Waals surface area contributed by atoms with Crippen LogP contribution in [-0.2, 0) is 35.5 Å². The zero-order chi connectivity index (χ0) is 18.8. The summed E-state index contributed by atoms with van der Waals surface area (Å²) < 4.78 is 26.5. The van der Waals surface area contributed by atoms with Crippen LogP contribution in [0.1, 0.15) is 49.9 Å². The third-order valence-electron chi connectivity index (χ3n) is 4.54. The molecule has 2 nitrogen and oxygen atoms in total. The van der Waals surface area contributed by atoms with E-state index in [1.54, 1.807) is 24.3 Å². The molecule has 0 aliphatic rings.